The molecule has 20 heavy (non-hydrogen) atoms. The van der Waals surface area contributed by atoms with E-state index in [1.807, 2.05) is 6.92 Å². The van der Waals surface area contributed by atoms with Gasteiger partial charge in [0, 0.05) is 12.2 Å². The third kappa shape index (κ3) is 4.93. The highest BCUT2D eigenvalue weighted by Gasteiger charge is 2.16. The second-order valence-electron chi connectivity index (χ2n) is 5.97. The molecule has 1 unspecified atom stereocenters. The van der Waals surface area contributed by atoms with Crippen LogP contribution in [0.1, 0.15) is 43.8 Å². The van der Waals surface area contributed by atoms with Crippen molar-refractivity contribution in [3.8, 4) is 0 Å². The molecule has 0 bridgehead atoms. The summed E-state index contributed by atoms with van der Waals surface area (Å²) in [5.74, 6) is 2.60. The fraction of sp³-hybridized carbons (Fsp3) is 0.750. The van der Waals surface area contributed by atoms with Gasteiger partial charge in [-0.25, -0.2) is 0 Å². The third-order valence-corrected chi connectivity index (χ3v) is 3.51. The minimum absolute atomic E-state index is 0.286. The van der Waals surface area contributed by atoms with Crippen molar-refractivity contribution in [1.29, 1.82) is 0 Å². The average molecular weight is 281 g/mol. The number of aryl methyl sites for hydroxylation is 1. The molecule has 1 aromatic rings. The molecule has 1 aliphatic rings. The van der Waals surface area contributed by atoms with E-state index < -0.39 is 0 Å². The Morgan fingerprint density at radius 1 is 1.45 bits per heavy atom. The monoisotopic (exact) mass is 281 g/mol. The van der Waals surface area contributed by atoms with Crippen LogP contribution in [0.3, 0.4) is 0 Å². The number of hydrogen-bond donors (Lipinski definition) is 1. The van der Waals surface area contributed by atoms with E-state index in [4.69, 9.17) is 13.9 Å². The minimum atomic E-state index is 0.286. The molecule has 114 valence electrons. The summed E-state index contributed by atoms with van der Waals surface area (Å²) in [6, 6.07) is 2.10. The van der Waals surface area contributed by atoms with Gasteiger partial charge in [-0.3, -0.25) is 0 Å². The highest BCUT2D eigenvalue weighted by Crippen LogP contribution is 2.17. The third-order valence-electron chi connectivity index (χ3n) is 3.51. The number of rotatable bonds is 8. The smallest absolute Gasteiger partial charge is 0.118 e. The molecular formula is C16H27NO3. The number of nitrogens with one attached hydrogen (secondary N) is 1. The van der Waals surface area contributed by atoms with Gasteiger partial charge < -0.3 is 19.2 Å². The van der Waals surface area contributed by atoms with Gasteiger partial charge in [0.25, 0.3) is 0 Å². The van der Waals surface area contributed by atoms with Gasteiger partial charge in [-0.2, -0.15) is 0 Å². The number of ether oxygens (including phenoxy) is 2. The summed E-state index contributed by atoms with van der Waals surface area (Å²) in [6.07, 6.45) is 2.56. The fourth-order valence-electron chi connectivity index (χ4n) is 2.38. The van der Waals surface area contributed by atoms with Crippen LogP contribution in [0.4, 0.5) is 0 Å². The van der Waals surface area contributed by atoms with Crippen LogP contribution >= 0.6 is 0 Å². The van der Waals surface area contributed by atoms with E-state index >= 15 is 0 Å². The van der Waals surface area contributed by atoms with Gasteiger partial charge in [0.1, 0.15) is 11.5 Å². The fourth-order valence-corrected chi connectivity index (χ4v) is 2.38. The minimum Gasteiger partial charge on any atom is -0.465 e. The summed E-state index contributed by atoms with van der Waals surface area (Å²) < 4.78 is 17.0. The van der Waals surface area contributed by atoms with Crippen molar-refractivity contribution in [3.05, 3.63) is 23.2 Å². The van der Waals surface area contributed by atoms with Crippen LogP contribution in [0.5, 0.6) is 0 Å². The van der Waals surface area contributed by atoms with Crippen LogP contribution in [0.15, 0.2) is 10.5 Å². The highest BCUT2D eigenvalue weighted by molar-refractivity contribution is 5.19. The van der Waals surface area contributed by atoms with E-state index in [2.05, 4.69) is 25.2 Å². The van der Waals surface area contributed by atoms with Gasteiger partial charge in [0.05, 0.1) is 25.9 Å². The second kappa shape index (κ2) is 7.81. The van der Waals surface area contributed by atoms with E-state index in [1.54, 1.807) is 0 Å². The van der Waals surface area contributed by atoms with Crippen LogP contribution < -0.4 is 5.32 Å². The molecule has 0 spiro atoms. The molecule has 1 aromatic heterocycles. The molecule has 1 aliphatic heterocycles. The van der Waals surface area contributed by atoms with Crippen molar-refractivity contribution in [1.82, 2.24) is 5.32 Å². The van der Waals surface area contributed by atoms with E-state index in [0.29, 0.717) is 19.1 Å². The van der Waals surface area contributed by atoms with E-state index in [0.717, 1.165) is 49.6 Å². The molecule has 4 nitrogen and oxygen atoms in total. The maximum Gasteiger partial charge on any atom is 0.118 e. The lowest BCUT2D eigenvalue weighted by Crippen LogP contribution is -2.18. The predicted molar refractivity (Wildman–Crippen MR) is 78.6 cm³/mol. The summed E-state index contributed by atoms with van der Waals surface area (Å²) in [6.45, 7) is 10.4. The van der Waals surface area contributed by atoms with E-state index in [1.165, 1.54) is 0 Å². The van der Waals surface area contributed by atoms with Crippen molar-refractivity contribution in [3.63, 3.8) is 0 Å². The summed E-state index contributed by atoms with van der Waals surface area (Å²) in [7, 11) is 0. The standard InChI is InChI=1S/C16H27NO3/c1-12(2)8-17-9-16-7-14(13(3)20-16)10-18-11-15-5-4-6-19-15/h7,12,15,17H,4-6,8-11H2,1-3H3. The summed E-state index contributed by atoms with van der Waals surface area (Å²) in [5.41, 5.74) is 1.14. The Balaban J connectivity index is 1.72. The predicted octanol–water partition coefficient (Wildman–Crippen LogP) is 3.03. The van der Waals surface area contributed by atoms with E-state index in [-0.39, 0.29) is 6.10 Å². The first-order valence-electron chi connectivity index (χ1n) is 7.63. The summed E-state index contributed by atoms with van der Waals surface area (Å²) in [4.78, 5) is 0. The molecule has 0 aliphatic carbocycles. The van der Waals surface area contributed by atoms with Crippen molar-refractivity contribution in [2.75, 3.05) is 19.8 Å². The van der Waals surface area contributed by atoms with Crippen LogP contribution in [-0.4, -0.2) is 25.9 Å². The van der Waals surface area contributed by atoms with Gasteiger partial charge >= 0.3 is 0 Å². The molecule has 0 amide bonds. The largest absolute Gasteiger partial charge is 0.465 e. The summed E-state index contributed by atoms with van der Waals surface area (Å²) >= 11 is 0. The van der Waals surface area contributed by atoms with Crippen molar-refractivity contribution < 1.29 is 13.9 Å². The van der Waals surface area contributed by atoms with Crippen LogP contribution in [-0.2, 0) is 22.6 Å². The second-order valence-corrected chi connectivity index (χ2v) is 5.97. The first kappa shape index (κ1) is 15.5. The van der Waals surface area contributed by atoms with Gasteiger partial charge in [-0.15, -0.1) is 0 Å². The van der Waals surface area contributed by atoms with Crippen LogP contribution in [0.2, 0.25) is 0 Å². The molecule has 4 heteroatoms. The maximum atomic E-state index is 5.75. The van der Waals surface area contributed by atoms with Crippen molar-refractivity contribution in [2.45, 2.75) is 52.9 Å². The Kier molecular flexibility index (Phi) is 6.07. The first-order chi connectivity index (χ1) is 9.65. The van der Waals surface area contributed by atoms with Crippen molar-refractivity contribution >= 4 is 0 Å². The Labute approximate surface area is 121 Å². The first-order valence-corrected chi connectivity index (χ1v) is 7.63. The van der Waals surface area contributed by atoms with Crippen LogP contribution in [0, 0.1) is 12.8 Å². The molecule has 0 radical (unpaired) electrons. The Morgan fingerprint density at radius 3 is 3.00 bits per heavy atom. The highest BCUT2D eigenvalue weighted by atomic mass is 16.5. The van der Waals surface area contributed by atoms with Gasteiger partial charge in [0.15, 0.2) is 0 Å². The summed E-state index contributed by atoms with van der Waals surface area (Å²) in [5, 5.41) is 3.39. The van der Waals surface area contributed by atoms with Crippen LogP contribution in [0.25, 0.3) is 0 Å². The van der Waals surface area contributed by atoms with Crippen molar-refractivity contribution in [2.24, 2.45) is 5.92 Å². The Bertz CT molecular complexity index is 394. The Morgan fingerprint density at radius 2 is 2.30 bits per heavy atom. The lowest BCUT2D eigenvalue weighted by Gasteiger charge is -2.09. The van der Waals surface area contributed by atoms with Gasteiger partial charge in [-0.05, 0) is 38.3 Å². The molecule has 2 heterocycles. The molecule has 0 saturated carbocycles. The molecule has 2 rings (SSSR count). The zero-order valence-corrected chi connectivity index (χ0v) is 12.9. The number of furan rings is 1. The lowest BCUT2D eigenvalue weighted by atomic mass is 10.2. The molecule has 1 atom stereocenters. The molecule has 1 N–H and O–H groups in total. The maximum absolute atomic E-state index is 5.75. The normalized spacial score (nSPS) is 19.1. The molecule has 0 aromatic carbocycles. The average Bonchev–Trinajstić information content (AvgIpc) is 3.00. The molecule has 1 fully saturated rings. The number of hydrogen-bond acceptors (Lipinski definition) is 4. The molecule has 1 saturated heterocycles. The Hall–Kier alpha value is -0.840. The molecular weight excluding hydrogens is 254 g/mol. The SMILES string of the molecule is Cc1oc(CNCC(C)C)cc1COCC1CCCO1. The lowest BCUT2D eigenvalue weighted by molar-refractivity contribution is 0.0103. The zero-order chi connectivity index (χ0) is 14.4. The van der Waals surface area contributed by atoms with Gasteiger partial charge in [0.2, 0.25) is 0 Å². The quantitative estimate of drug-likeness (QED) is 0.795. The van der Waals surface area contributed by atoms with Gasteiger partial charge in [-0.1, -0.05) is 13.8 Å². The topological polar surface area (TPSA) is 43.6 Å². The van der Waals surface area contributed by atoms with E-state index in [9.17, 15) is 0 Å². The zero-order valence-electron chi connectivity index (χ0n) is 12.9.